The molecule has 1 heterocycles. The molecule has 1 unspecified atom stereocenters. The van der Waals surface area contributed by atoms with E-state index in [1.807, 2.05) is 0 Å². The molecule has 0 amide bonds. The first-order valence-electron chi connectivity index (χ1n) is 5.80. The molecule has 20 heavy (non-hydrogen) atoms. The van der Waals surface area contributed by atoms with Crippen molar-refractivity contribution < 1.29 is 13.5 Å². The van der Waals surface area contributed by atoms with Gasteiger partial charge in [0.2, 0.25) is 0 Å². The lowest BCUT2D eigenvalue weighted by Gasteiger charge is -2.16. The Morgan fingerprint density at radius 1 is 1.35 bits per heavy atom. The maximum absolute atomic E-state index is 12.3. The summed E-state index contributed by atoms with van der Waals surface area (Å²) in [6, 6.07) is 5.41. The molecule has 0 aliphatic rings. The average Bonchev–Trinajstić information content (AvgIpc) is 2.83. The fourth-order valence-corrected chi connectivity index (χ4v) is 3.62. The lowest BCUT2D eigenvalue weighted by molar-refractivity contribution is 0.239. The summed E-state index contributed by atoms with van der Waals surface area (Å²) in [7, 11) is -3.51. The summed E-state index contributed by atoms with van der Waals surface area (Å²) in [6.45, 7) is -0.295. The van der Waals surface area contributed by atoms with Crippen molar-refractivity contribution in [3.05, 3.63) is 41.4 Å². The molecule has 2 aromatic rings. The molecule has 0 saturated carbocycles. The second-order valence-electron chi connectivity index (χ2n) is 4.33. The Hall–Kier alpha value is -1.38. The molecule has 0 fully saturated rings. The Kier molecular flexibility index (Phi) is 4.46. The van der Waals surface area contributed by atoms with Crippen molar-refractivity contribution in [3.63, 3.8) is 0 Å². The highest BCUT2D eigenvalue weighted by molar-refractivity contribution is 9.10. The molecule has 2 rings (SSSR count). The Bertz CT molecular complexity index is 682. The number of imidazole rings is 1. The van der Waals surface area contributed by atoms with Crippen molar-refractivity contribution >= 4 is 31.5 Å². The Morgan fingerprint density at radius 3 is 2.50 bits per heavy atom. The molecule has 0 aliphatic heterocycles. The van der Waals surface area contributed by atoms with Gasteiger partial charge in [0.15, 0.2) is 9.84 Å². The summed E-state index contributed by atoms with van der Waals surface area (Å²) in [6.07, 6.45) is 3.10. The van der Waals surface area contributed by atoms with Crippen molar-refractivity contribution in [1.29, 1.82) is 0 Å². The fraction of sp³-hybridized carbons (Fsp3) is 0.250. The number of nitrogens with two attached hydrogens (primary N) is 1. The SMILES string of the molecule is Nc1ccc(S(=O)(=O)CC(CO)n2cnc(Br)c2)cc1. The van der Waals surface area contributed by atoms with Crippen molar-refractivity contribution in [1.82, 2.24) is 9.55 Å². The third-order valence-electron chi connectivity index (χ3n) is 2.85. The molecule has 0 saturated heterocycles. The minimum Gasteiger partial charge on any atom is -0.399 e. The molecule has 6 nitrogen and oxygen atoms in total. The van der Waals surface area contributed by atoms with E-state index in [-0.39, 0.29) is 17.3 Å². The van der Waals surface area contributed by atoms with E-state index in [2.05, 4.69) is 20.9 Å². The van der Waals surface area contributed by atoms with Crippen LogP contribution in [0.15, 0.2) is 46.3 Å². The van der Waals surface area contributed by atoms with Crippen molar-refractivity contribution in [2.45, 2.75) is 10.9 Å². The number of nitrogen functional groups attached to an aromatic ring is 1. The highest BCUT2D eigenvalue weighted by Gasteiger charge is 2.22. The van der Waals surface area contributed by atoms with Crippen LogP contribution >= 0.6 is 15.9 Å². The summed E-state index contributed by atoms with van der Waals surface area (Å²) < 4.78 is 26.7. The minimum atomic E-state index is -3.51. The zero-order valence-electron chi connectivity index (χ0n) is 10.5. The van der Waals surface area contributed by atoms with Gasteiger partial charge in [-0.15, -0.1) is 0 Å². The zero-order chi connectivity index (χ0) is 14.8. The third kappa shape index (κ3) is 3.38. The molecule has 8 heteroatoms. The predicted molar refractivity (Wildman–Crippen MR) is 79.0 cm³/mol. The maximum atomic E-state index is 12.3. The normalized spacial score (nSPS) is 13.3. The topological polar surface area (TPSA) is 98.2 Å². The van der Waals surface area contributed by atoms with Crippen molar-refractivity contribution in [3.8, 4) is 0 Å². The summed E-state index contributed by atoms with van der Waals surface area (Å²) >= 11 is 3.19. The van der Waals surface area contributed by atoms with E-state index < -0.39 is 15.9 Å². The molecule has 0 bridgehead atoms. The molecule has 1 atom stereocenters. The lowest BCUT2D eigenvalue weighted by atomic mass is 10.3. The van der Waals surface area contributed by atoms with Crippen LogP contribution in [0.5, 0.6) is 0 Å². The van der Waals surface area contributed by atoms with Gasteiger partial charge in [-0.25, -0.2) is 13.4 Å². The third-order valence-corrected chi connectivity index (χ3v) is 5.08. The van der Waals surface area contributed by atoms with Crippen LogP contribution < -0.4 is 5.73 Å². The molecule has 0 radical (unpaired) electrons. The van der Waals surface area contributed by atoms with Gasteiger partial charge in [-0.05, 0) is 40.2 Å². The van der Waals surface area contributed by atoms with E-state index in [4.69, 9.17) is 5.73 Å². The lowest BCUT2D eigenvalue weighted by Crippen LogP contribution is -2.22. The smallest absolute Gasteiger partial charge is 0.180 e. The first-order chi connectivity index (χ1) is 9.42. The first kappa shape index (κ1) is 15.0. The van der Waals surface area contributed by atoms with E-state index in [1.54, 1.807) is 10.8 Å². The van der Waals surface area contributed by atoms with Crippen LogP contribution in [0.1, 0.15) is 6.04 Å². The van der Waals surface area contributed by atoms with Crippen LogP contribution in [-0.2, 0) is 9.84 Å². The van der Waals surface area contributed by atoms with Gasteiger partial charge >= 0.3 is 0 Å². The Morgan fingerprint density at radius 2 is 2.00 bits per heavy atom. The number of aliphatic hydroxyl groups is 1. The van der Waals surface area contributed by atoms with Crippen LogP contribution in [0.3, 0.4) is 0 Å². The summed E-state index contributed by atoms with van der Waals surface area (Å²) in [5, 5.41) is 9.39. The van der Waals surface area contributed by atoms with Gasteiger partial charge < -0.3 is 15.4 Å². The minimum absolute atomic E-state index is 0.185. The van der Waals surface area contributed by atoms with Gasteiger partial charge in [0.05, 0.1) is 29.6 Å². The number of nitrogens with zero attached hydrogens (tertiary/aromatic N) is 2. The van der Waals surface area contributed by atoms with Gasteiger partial charge in [0.1, 0.15) is 4.60 Å². The van der Waals surface area contributed by atoms with E-state index in [9.17, 15) is 13.5 Å². The van der Waals surface area contributed by atoms with Crippen LogP contribution in [0.4, 0.5) is 5.69 Å². The largest absolute Gasteiger partial charge is 0.399 e. The number of rotatable bonds is 5. The molecular weight excluding hydrogens is 346 g/mol. The summed E-state index contributed by atoms with van der Waals surface area (Å²) in [5.74, 6) is -0.212. The van der Waals surface area contributed by atoms with Crippen LogP contribution in [0.25, 0.3) is 0 Å². The molecule has 0 spiro atoms. The standard InChI is InChI=1S/C12H14BrN3O3S/c13-12-5-16(8-15-12)10(6-17)7-20(18,19)11-3-1-9(14)2-4-11/h1-5,8,10,17H,6-7,14H2. The zero-order valence-corrected chi connectivity index (χ0v) is 12.9. The van der Waals surface area contributed by atoms with Crippen LogP contribution in [0, 0.1) is 0 Å². The second kappa shape index (κ2) is 5.94. The Labute approximate surface area is 125 Å². The molecule has 1 aromatic carbocycles. The first-order valence-corrected chi connectivity index (χ1v) is 8.25. The maximum Gasteiger partial charge on any atom is 0.180 e. The highest BCUT2D eigenvalue weighted by atomic mass is 79.9. The molecule has 3 N–H and O–H groups in total. The number of sulfone groups is 1. The number of anilines is 1. The number of benzene rings is 1. The fourth-order valence-electron chi connectivity index (χ4n) is 1.77. The average molecular weight is 360 g/mol. The van der Waals surface area contributed by atoms with E-state index >= 15 is 0 Å². The van der Waals surface area contributed by atoms with Gasteiger partial charge in [-0.3, -0.25) is 0 Å². The van der Waals surface area contributed by atoms with Gasteiger partial charge in [-0.2, -0.15) is 0 Å². The summed E-state index contributed by atoms with van der Waals surface area (Å²) in [4.78, 5) is 4.14. The van der Waals surface area contributed by atoms with Crippen LogP contribution in [-0.4, -0.2) is 35.4 Å². The van der Waals surface area contributed by atoms with Gasteiger partial charge in [0, 0.05) is 11.9 Å². The number of halogens is 1. The second-order valence-corrected chi connectivity index (χ2v) is 7.18. The molecule has 1 aromatic heterocycles. The van der Waals surface area contributed by atoms with Gasteiger partial charge in [0.25, 0.3) is 0 Å². The molecular formula is C12H14BrN3O3S. The van der Waals surface area contributed by atoms with Gasteiger partial charge in [-0.1, -0.05) is 0 Å². The Balaban J connectivity index is 2.24. The number of hydrogen-bond acceptors (Lipinski definition) is 5. The predicted octanol–water partition coefficient (Wildman–Crippen LogP) is 1.24. The van der Waals surface area contributed by atoms with E-state index in [0.29, 0.717) is 10.3 Å². The monoisotopic (exact) mass is 359 g/mol. The summed E-state index contributed by atoms with van der Waals surface area (Å²) in [5.41, 5.74) is 6.04. The molecule has 0 aliphatic carbocycles. The van der Waals surface area contributed by atoms with Crippen molar-refractivity contribution in [2.75, 3.05) is 18.1 Å². The molecule has 108 valence electrons. The number of aliphatic hydroxyl groups excluding tert-OH is 1. The van der Waals surface area contributed by atoms with E-state index in [1.165, 1.54) is 30.6 Å². The van der Waals surface area contributed by atoms with E-state index in [0.717, 1.165) is 0 Å². The van der Waals surface area contributed by atoms with Crippen molar-refractivity contribution in [2.24, 2.45) is 0 Å². The van der Waals surface area contributed by atoms with Crippen LogP contribution in [0.2, 0.25) is 0 Å². The highest BCUT2D eigenvalue weighted by Crippen LogP contribution is 2.19. The quantitative estimate of drug-likeness (QED) is 0.782. The number of aromatic nitrogens is 2. The number of hydrogen-bond donors (Lipinski definition) is 2.